The maximum Gasteiger partial charge on any atom is 0.234 e. The van der Waals surface area contributed by atoms with Gasteiger partial charge < -0.3 is 9.88 Å². The van der Waals surface area contributed by atoms with Crippen molar-refractivity contribution in [3.05, 3.63) is 83.7 Å². The lowest BCUT2D eigenvalue weighted by Crippen LogP contribution is -2.16. The molecule has 0 aliphatic heterocycles. The van der Waals surface area contributed by atoms with E-state index in [0.717, 1.165) is 34.2 Å². The molecule has 0 bridgehead atoms. The summed E-state index contributed by atoms with van der Waals surface area (Å²) in [6.07, 6.45) is 2.94. The zero-order chi connectivity index (χ0) is 21.1. The van der Waals surface area contributed by atoms with Gasteiger partial charge in [-0.15, -0.1) is 16.8 Å². The minimum atomic E-state index is -0.0410. The molecule has 1 fully saturated rings. The molecule has 5 nitrogen and oxygen atoms in total. The van der Waals surface area contributed by atoms with Crippen LogP contribution < -0.4 is 5.32 Å². The molecule has 0 saturated heterocycles. The number of aromatic nitrogens is 3. The average molecular weight is 419 g/mol. The molecule has 1 aliphatic rings. The van der Waals surface area contributed by atoms with E-state index in [-0.39, 0.29) is 11.7 Å². The molecule has 30 heavy (non-hydrogen) atoms. The van der Waals surface area contributed by atoms with Crippen molar-refractivity contribution in [1.82, 2.24) is 14.8 Å². The SMILES string of the molecule is C=CCn1c(SCC(=O)Nc2c(C)cccc2C)nnc1C1CC1c1ccccc1. The Morgan fingerprint density at radius 1 is 1.13 bits per heavy atom. The highest BCUT2D eigenvalue weighted by Gasteiger charge is 2.43. The summed E-state index contributed by atoms with van der Waals surface area (Å²) in [6.45, 7) is 8.52. The van der Waals surface area contributed by atoms with Gasteiger partial charge in [-0.1, -0.05) is 66.4 Å². The van der Waals surface area contributed by atoms with E-state index in [0.29, 0.717) is 18.4 Å². The molecule has 1 heterocycles. The van der Waals surface area contributed by atoms with Gasteiger partial charge in [0.25, 0.3) is 0 Å². The second kappa shape index (κ2) is 8.88. The Hall–Kier alpha value is -2.86. The minimum absolute atomic E-state index is 0.0410. The molecule has 1 saturated carbocycles. The molecule has 154 valence electrons. The second-order valence-corrected chi connectivity index (χ2v) is 8.65. The van der Waals surface area contributed by atoms with Crippen LogP contribution in [0.5, 0.6) is 0 Å². The van der Waals surface area contributed by atoms with Crippen molar-refractivity contribution in [2.45, 2.75) is 43.8 Å². The molecule has 2 unspecified atom stereocenters. The number of hydrogen-bond acceptors (Lipinski definition) is 4. The number of aryl methyl sites for hydroxylation is 2. The van der Waals surface area contributed by atoms with Crippen LogP contribution >= 0.6 is 11.8 Å². The minimum Gasteiger partial charge on any atom is -0.325 e. The lowest BCUT2D eigenvalue weighted by Gasteiger charge is -2.11. The number of nitrogens with one attached hydrogen (secondary N) is 1. The highest BCUT2D eigenvalue weighted by Crippen LogP contribution is 2.54. The lowest BCUT2D eigenvalue weighted by molar-refractivity contribution is -0.113. The summed E-state index contributed by atoms with van der Waals surface area (Å²) in [6, 6.07) is 16.5. The second-order valence-electron chi connectivity index (χ2n) is 7.70. The van der Waals surface area contributed by atoms with Gasteiger partial charge in [0.1, 0.15) is 5.82 Å². The maximum atomic E-state index is 12.5. The Balaban J connectivity index is 1.44. The van der Waals surface area contributed by atoms with Crippen molar-refractivity contribution in [2.24, 2.45) is 0 Å². The van der Waals surface area contributed by atoms with Gasteiger partial charge in [-0.2, -0.15) is 0 Å². The molecule has 0 spiro atoms. The fourth-order valence-corrected chi connectivity index (χ4v) is 4.60. The average Bonchev–Trinajstić information content (AvgIpc) is 3.45. The van der Waals surface area contributed by atoms with Crippen LogP contribution in [-0.4, -0.2) is 26.4 Å². The third-order valence-electron chi connectivity index (χ3n) is 5.48. The summed E-state index contributed by atoms with van der Waals surface area (Å²) in [5.74, 6) is 2.10. The van der Waals surface area contributed by atoms with Gasteiger partial charge in [-0.05, 0) is 42.9 Å². The summed E-state index contributed by atoms with van der Waals surface area (Å²) < 4.78 is 2.09. The van der Waals surface area contributed by atoms with Crippen molar-refractivity contribution < 1.29 is 4.79 Å². The predicted octanol–water partition coefficient (Wildman–Crippen LogP) is 5.08. The topological polar surface area (TPSA) is 59.8 Å². The molecular weight excluding hydrogens is 392 g/mol. The van der Waals surface area contributed by atoms with Crippen LogP contribution in [0.1, 0.15) is 40.8 Å². The Bertz CT molecular complexity index is 1040. The van der Waals surface area contributed by atoms with Crippen LogP contribution in [0.4, 0.5) is 5.69 Å². The molecule has 0 radical (unpaired) electrons. The van der Waals surface area contributed by atoms with Crippen molar-refractivity contribution in [3.8, 4) is 0 Å². The zero-order valence-electron chi connectivity index (χ0n) is 17.3. The van der Waals surface area contributed by atoms with E-state index in [2.05, 4.69) is 50.9 Å². The third kappa shape index (κ3) is 4.33. The van der Waals surface area contributed by atoms with Crippen molar-refractivity contribution in [2.75, 3.05) is 11.1 Å². The fourth-order valence-electron chi connectivity index (χ4n) is 3.85. The molecule has 1 N–H and O–H groups in total. The first kappa shape index (κ1) is 20.4. The number of nitrogens with zero attached hydrogens (tertiary/aromatic N) is 3. The molecule has 4 rings (SSSR count). The number of allylic oxidation sites excluding steroid dienone is 1. The van der Waals surface area contributed by atoms with E-state index >= 15 is 0 Å². The Labute approximate surface area is 181 Å². The normalized spacial score (nSPS) is 17.5. The summed E-state index contributed by atoms with van der Waals surface area (Å²) in [5.41, 5.74) is 4.36. The van der Waals surface area contributed by atoms with Crippen LogP contribution in [0.15, 0.2) is 66.3 Å². The van der Waals surface area contributed by atoms with Crippen LogP contribution in [0.3, 0.4) is 0 Å². The van der Waals surface area contributed by atoms with Gasteiger partial charge in [0, 0.05) is 18.2 Å². The van der Waals surface area contributed by atoms with E-state index in [9.17, 15) is 4.79 Å². The Morgan fingerprint density at radius 3 is 2.57 bits per heavy atom. The Morgan fingerprint density at radius 2 is 1.87 bits per heavy atom. The summed E-state index contributed by atoms with van der Waals surface area (Å²) in [5, 5.41) is 12.7. The van der Waals surface area contributed by atoms with Crippen LogP contribution in [0, 0.1) is 13.8 Å². The number of amides is 1. The van der Waals surface area contributed by atoms with E-state index in [4.69, 9.17) is 0 Å². The lowest BCUT2D eigenvalue weighted by atomic mass is 10.1. The number of carbonyl (C=O) groups is 1. The highest BCUT2D eigenvalue weighted by atomic mass is 32.2. The zero-order valence-corrected chi connectivity index (χ0v) is 18.2. The molecule has 3 aromatic rings. The summed E-state index contributed by atoms with van der Waals surface area (Å²) in [7, 11) is 0. The number of carbonyl (C=O) groups excluding carboxylic acids is 1. The first-order valence-electron chi connectivity index (χ1n) is 10.2. The van der Waals surface area contributed by atoms with Crippen LogP contribution in [-0.2, 0) is 11.3 Å². The van der Waals surface area contributed by atoms with Gasteiger partial charge in [0.05, 0.1) is 5.75 Å². The number of benzene rings is 2. The maximum absolute atomic E-state index is 12.5. The Kier molecular flexibility index (Phi) is 6.04. The standard InChI is InChI=1S/C24H26N4OS/c1-4-13-28-23(20-14-19(20)18-11-6-5-7-12-18)26-27-24(28)30-15-21(29)25-22-16(2)9-8-10-17(22)3/h4-12,19-20H,1,13-15H2,2-3H3,(H,25,29). The monoisotopic (exact) mass is 418 g/mol. The summed E-state index contributed by atoms with van der Waals surface area (Å²) in [4.78, 5) is 12.5. The number of rotatable bonds is 8. The van der Waals surface area contributed by atoms with Gasteiger partial charge >= 0.3 is 0 Å². The first-order chi connectivity index (χ1) is 14.6. The number of anilines is 1. The number of hydrogen-bond donors (Lipinski definition) is 1. The molecule has 1 aliphatic carbocycles. The van der Waals surface area contributed by atoms with Crippen molar-refractivity contribution in [3.63, 3.8) is 0 Å². The third-order valence-corrected chi connectivity index (χ3v) is 6.45. The van der Waals surface area contributed by atoms with Gasteiger partial charge in [0.15, 0.2) is 5.16 Å². The van der Waals surface area contributed by atoms with Crippen molar-refractivity contribution in [1.29, 1.82) is 0 Å². The van der Waals surface area contributed by atoms with E-state index in [1.54, 1.807) is 0 Å². The van der Waals surface area contributed by atoms with Gasteiger partial charge in [0.2, 0.25) is 5.91 Å². The molecule has 6 heteroatoms. The van der Waals surface area contributed by atoms with Gasteiger partial charge in [-0.25, -0.2) is 0 Å². The quantitative estimate of drug-likeness (QED) is 0.409. The molecule has 2 atom stereocenters. The van der Waals surface area contributed by atoms with Crippen LogP contribution in [0.25, 0.3) is 0 Å². The largest absolute Gasteiger partial charge is 0.325 e. The van der Waals surface area contributed by atoms with Crippen molar-refractivity contribution >= 4 is 23.4 Å². The van der Waals surface area contributed by atoms with E-state index in [1.807, 2.05) is 44.2 Å². The van der Waals surface area contributed by atoms with Crippen LogP contribution in [0.2, 0.25) is 0 Å². The molecule has 2 aromatic carbocycles. The predicted molar refractivity (Wildman–Crippen MR) is 122 cm³/mol. The first-order valence-corrected chi connectivity index (χ1v) is 11.1. The smallest absolute Gasteiger partial charge is 0.234 e. The van der Waals surface area contributed by atoms with E-state index in [1.165, 1.54) is 17.3 Å². The van der Waals surface area contributed by atoms with E-state index < -0.39 is 0 Å². The fraction of sp³-hybridized carbons (Fsp3) is 0.292. The summed E-state index contributed by atoms with van der Waals surface area (Å²) >= 11 is 1.42. The van der Waals surface area contributed by atoms with Gasteiger partial charge in [-0.3, -0.25) is 4.79 Å². The molecule has 1 aromatic heterocycles. The molecule has 1 amide bonds. The number of para-hydroxylation sites is 1. The molecular formula is C24H26N4OS. The highest BCUT2D eigenvalue weighted by molar-refractivity contribution is 7.99. The number of thioether (sulfide) groups is 1.